The summed E-state index contributed by atoms with van der Waals surface area (Å²) in [7, 11) is 0. The molecule has 0 amide bonds. The van der Waals surface area contributed by atoms with Gasteiger partial charge in [-0.2, -0.15) is 0 Å². The quantitative estimate of drug-likeness (QED) is 0.793. The van der Waals surface area contributed by atoms with Gasteiger partial charge < -0.3 is 15.8 Å². The molecule has 106 valence electrons. The molecular formula is C16H21N3O. The van der Waals surface area contributed by atoms with Gasteiger partial charge in [0.15, 0.2) is 0 Å². The second-order valence-corrected chi connectivity index (χ2v) is 4.88. The van der Waals surface area contributed by atoms with E-state index in [0.29, 0.717) is 5.69 Å². The van der Waals surface area contributed by atoms with E-state index in [4.69, 9.17) is 10.5 Å². The summed E-state index contributed by atoms with van der Waals surface area (Å²) in [6.07, 6.45) is 2.78. The molecule has 0 saturated carbocycles. The molecule has 1 heterocycles. The lowest BCUT2D eigenvalue weighted by molar-refractivity contribution is 0.244. The molecule has 20 heavy (non-hydrogen) atoms. The van der Waals surface area contributed by atoms with E-state index in [1.807, 2.05) is 50.2 Å². The number of anilines is 2. The van der Waals surface area contributed by atoms with Crippen LogP contribution in [0.2, 0.25) is 0 Å². The standard InChI is InChI=1S/C16H21N3O/c1-12(2)20-15-8-5-7-14(16(15)17)19-11-9-13-6-3-4-10-18-13/h3-8,10,12,19H,9,11,17H2,1-2H3. The van der Waals surface area contributed by atoms with Crippen molar-refractivity contribution in [3.63, 3.8) is 0 Å². The molecule has 4 heteroatoms. The molecule has 0 aliphatic carbocycles. The van der Waals surface area contributed by atoms with Gasteiger partial charge in [0.2, 0.25) is 0 Å². The number of para-hydroxylation sites is 1. The molecule has 0 bridgehead atoms. The summed E-state index contributed by atoms with van der Waals surface area (Å²) in [6, 6.07) is 11.7. The van der Waals surface area contributed by atoms with Crippen molar-refractivity contribution in [3.05, 3.63) is 48.3 Å². The van der Waals surface area contributed by atoms with E-state index in [0.717, 1.165) is 30.1 Å². The summed E-state index contributed by atoms with van der Waals surface area (Å²) in [5.74, 6) is 0.725. The number of nitrogens with two attached hydrogens (primary N) is 1. The number of ether oxygens (including phenoxy) is 1. The number of rotatable bonds is 6. The smallest absolute Gasteiger partial charge is 0.144 e. The maximum Gasteiger partial charge on any atom is 0.144 e. The molecule has 0 atom stereocenters. The molecule has 1 aromatic heterocycles. The average Bonchev–Trinajstić information content (AvgIpc) is 2.43. The monoisotopic (exact) mass is 271 g/mol. The Bertz CT molecular complexity index is 541. The van der Waals surface area contributed by atoms with Gasteiger partial charge in [-0.3, -0.25) is 4.98 Å². The molecule has 4 nitrogen and oxygen atoms in total. The number of aromatic nitrogens is 1. The third-order valence-electron chi connectivity index (χ3n) is 2.85. The topological polar surface area (TPSA) is 60.2 Å². The van der Waals surface area contributed by atoms with E-state index >= 15 is 0 Å². The summed E-state index contributed by atoms with van der Waals surface area (Å²) >= 11 is 0. The van der Waals surface area contributed by atoms with E-state index in [2.05, 4.69) is 10.3 Å². The maximum atomic E-state index is 6.11. The fourth-order valence-corrected chi connectivity index (χ4v) is 1.93. The predicted molar refractivity (Wildman–Crippen MR) is 83.0 cm³/mol. The summed E-state index contributed by atoms with van der Waals surface area (Å²) in [5.41, 5.74) is 8.73. The Labute approximate surface area is 120 Å². The summed E-state index contributed by atoms with van der Waals surface area (Å²) in [6.45, 7) is 4.76. The zero-order valence-electron chi connectivity index (χ0n) is 12.0. The van der Waals surface area contributed by atoms with Crippen molar-refractivity contribution in [2.24, 2.45) is 0 Å². The minimum atomic E-state index is 0.112. The Kier molecular flexibility index (Phi) is 4.82. The van der Waals surface area contributed by atoms with Crippen LogP contribution in [0.15, 0.2) is 42.6 Å². The maximum absolute atomic E-state index is 6.11. The van der Waals surface area contributed by atoms with Crippen molar-refractivity contribution >= 4 is 11.4 Å². The number of nitrogen functional groups attached to an aromatic ring is 1. The zero-order chi connectivity index (χ0) is 14.4. The number of benzene rings is 1. The molecule has 0 fully saturated rings. The fraction of sp³-hybridized carbons (Fsp3) is 0.312. The fourth-order valence-electron chi connectivity index (χ4n) is 1.93. The van der Waals surface area contributed by atoms with Gasteiger partial charge in [0.05, 0.1) is 17.5 Å². The average molecular weight is 271 g/mol. The molecule has 0 radical (unpaired) electrons. The highest BCUT2D eigenvalue weighted by Gasteiger charge is 2.07. The molecule has 3 N–H and O–H groups in total. The highest BCUT2D eigenvalue weighted by Crippen LogP contribution is 2.29. The number of hydrogen-bond acceptors (Lipinski definition) is 4. The molecular weight excluding hydrogens is 250 g/mol. The van der Waals surface area contributed by atoms with E-state index in [1.165, 1.54) is 0 Å². The Morgan fingerprint density at radius 3 is 2.75 bits per heavy atom. The lowest BCUT2D eigenvalue weighted by atomic mass is 10.2. The molecule has 2 rings (SSSR count). The van der Waals surface area contributed by atoms with E-state index in [9.17, 15) is 0 Å². The van der Waals surface area contributed by atoms with Gasteiger partial charge in [-0.15, -0.1) is 0 Å². The minimum Gasteiger partial charge on any atom is -0.489 e. The van der Waals surface area contributed by atoms with Gasteiger partial charge in [-0.1, -0.05) is 12.1 Å². The SMILES string of the molecule is CC(C)Oc1cccc(NCCc2ccccn2)c1N. The van der Waals surface area contributed by atoms with Crippen molar-refractivity contribution in [1.82, 2.24) is 4.98 Å². The Hall–Kier alpha value is -2.23. The zero-order valence-corrected chi connectivity index (χ0v) is 12.0. The van der Waals surface area contributed by atoms with E-state index in [-0.39, 0.29) is 6.10 Å². The van der Waals surface area contributed by atoms with Crippen LogP contribution >= 0.6 is 0 Å². The largest absolute Gasteiger partial charge is 0.489 e. The van der Waals surface area contributed by atoms with Gasteiger partial charge >= 0.3 is 0 Å². The van der Waals surface area contributed by atoms with Crippen LogP contribution in [0.3, 0.4) is 0 Å². The second kappa shape index (κ2) is 6.80. The van der Waals surface area contributed by atoms with Crippen LogP contribution in [0.5, 0.6) is 5.75 Å². The first-order chi connectivity index (χ1) is 9.66. The molecule has 0 spiro atoms. The Morgan fingerprint density at radius 1 is 1.20 bits per heavy atom. The van der Waals surface area contributed by atoms with Crippen LogP contribution in [-0.4, -0.2) is 17.6 Å². The highest BCUT2D eigenvalue weighted by atomic mass is 16.5. The van der Waals surface area contributed by atoms with Gasteiger partial charge in [0.25, 0.3) is 0 Å². The predicted octanol–water partition coefficient (Wildman–Crippen LogP) is 3.11. The summed E-state index contributed by atoms with van der Waals surface area (Å²) in [5, 5.41) is 3.33. The van der Waals surface area contributed by atoms with Gasteiger partial charge in [-0.05, 0) is 38.1 Å². The number of pyridine rings is 1. The summed E-state index contributed by atoms with van der Waals surface area (Å²) < 4.78 is 5.67. The first-order valence-corrected chi connectivity index (χ1v) is 6.85. The van der Waals surface area contributed by atoms with Gasteiger partial charge in [-0.25, -0.2) is 0 Å². The number of nitrogens with zero attached hydrogens (tertiary/aromatic N) is 1. The molecule has 0 saturated heterocycles. The highest BCUT2D eigenvalue weighted by molar-refractivity contribution is 5.72. The van der Waals surface area contributed by atoms with Crippen molar-refractivity contribution in [2.45, 2.75) is 26.4 Å². The normalized spacial score (nSPS) is 10.6. The van der Waals surface area contributed by atoms with Crippen LogP contribution in [-0.2, 0) is 6.42 Å². The first kappa shape index (κ1) is 14.2. The lowest BCUT2D eigenvalue weighted by Crippen LogP contribution is -2.11. The Balaban J connectivity index is 1.96. The third kappa shape index (κ3) is 3.88. The van der Waals surface area contributed by atoms with E-state index in [1.54, 1.807) is 6.20 Å². The molecule has 2 aromatic rings. The van der Waals surface area contributed by atoms with Crippen molar-refractivity contribution in [1.29, 1.82) is 0 Å². The van der Waals surface area contributed by atoms with Crippen LogP contribution in [0.1, 0.15) is 19.5 Å². The van der Waals surface area contributed by atoms with Crippen LogP contribution < -0.4 is 15.8 Å². The Morgan fingerprint density at radius 2 is 2.05 bits per heavy atom. The van der Waals surface area contributed by atoms with Gasteiger partial charge in [0, 0.05) is 24.9 Å². The minimum absolute atomic E-state index is 0.112. The molecule has 0 aliphatic heterocycles. The van der Waals surface area contributed by atoms with E-state index < -0.39 is 0 Å². The van der Waals surface area contributed by atoms with Crippen molar-refractivity contribution < 1.29 is 4.74 Å². The van der Waals surface area contributed by atoms with Crippen molar-refractivity contribution in [3.8, 4) is 5.75 Å². The number of nitrogens with one attached hydrogen (secondary N) is 1. The van der Waals surface area contributed by atoms with Gasteiger partial charge in [0.1, 0.15) is 5.75 Å². The first-order valence-electron chi connectivity index (χ1n) is 6.85. The van der Waals surface area contributed by atoms with Crippen LogP contribution in [0.25, 0.3) is 0 Å². The summed E-state index contributed by atoms with van der Waals surface area (Å²) in [4.78, 5) is 4.29. The lowest BCUT2D eigenvalue weighted by Gasteiger charge is -2.15. The molecule has 1 aromatic carbocycles. The van der Waals surface area contributed by atoms with Crippen LogP contribution in [0.4, 0.5) is 11.4 Å². The number of hydrogen-bond donors (Lipinski definition) is 2. The van der Waals surface area contributed by atoms with Crippen LogP contribution in [0, 0.1) is 0 Å². The second-order valence-electron chi connectivity index (χ2n) is 4.88. The third-order valence-corrected chi connectivity index (χ3v) is 2.85. The van der Waals surface area contributed by atoms with Crippen molar-refractivity contribution in [2.75, 3.05) is 17.6 Å². The molecule has 0 aliphatic rings. The molecule has 0 unspecified atom stereocenters.